The summed E-state index contributed by atoms with van der Waals surface area (Å²) in [5.41, 5.74) is 5.45. The molecule has 96 valence electrons. The molecule has 2 aromatic heterocycles. The normalized spacial score (nSPS) is 11.1. The minimum Gasteiger partial charge on any atom is -0.340 e. The fourth-order valence-electron chi connectivity index (χ4n) is 2.31. The summed E-state index contributed by atoms with van der Waals surface area (Å²) >= 11 is 0. The van der Waals surface area contributed by atoms with E-state index in [4.69, 9.17) is 5.41 Å². The number of aromatic nitrogens is 4. The monoisotopic (exact) mass is 253 g/mol. The van der Waals surface area contributed by atoms with Gasteiger partial charge in [-0.3, -0.25) is 5.41 Å². The summed E-state index contributed by atoms with van der Waals surface area (Å²) < 4.78 is 1.97. The fraction of sp³-hybridized carbons (Fsp3) is 0.214. The lowest BCUT2D eigenvalue weighted by Gasteiger charge is -2.12. The topological polar surface area (TPSA) is 70.3 Å². The Morgan fingerprint density at radius 1 is 1.21 bits per heavy atom. The van der Waals surface area contributed by atoms with Gasteiger partial charge in [0.15, 0.2) is 11.1 Å². The average molecular weight is 253 g/mol. The number of nitrogens with one attached hydrogen (secondary N) is 2. The highest BCUT2D eigenvalue weighted by atomic mass is 15.1. The number of benzene rings is 1. The third kappa shape index (κ3) is 1.93. The van der Waals surface area contributed by atoms with E-state index in [9.17, 15) is 0 Å². The summed E-state index contributed by atoms with van der Waals surface area (Å²) in [6.07, 6.45) is 3.28. The van der Waals surface area contributed by atoms with Gasteiger partial charge in [0.2, 0.25) is 0 Å². The van der Waals surface area contributed by atoms with Gasteiger partial charge in [0, 0.05) is 0 Å². The molecule has 0 saturated heterocycles. The summed E-state index contributed by atoms with van der Waals surface area (Å²) in [6, 6.07) is 6.28. The highest BCUT2D eigenvalue weighted by Crippen LogP contribution is 2.16. The number of imidazole rings is 1. The van der Waals surface area contributed by atoms with E-state index in [1.54, 1.807) is 12.7 Å². The van der Waals surface area contributed by atoms with Crippen LogP contribution in [0.3, 0.4) is 0 Å². The summed E-state index contributed by atoms with van der Waals surface area (Å²) in [4.78, 5) is 11.3. The van der Waals surface area contributed by atoms with E-state index < -0.39 is 0 Å². The molecule has 0 aliphatic carbocycles. The maximum atomic E-state index is 7.75. The first-order valence-corrected chi connectivity index (χ1v) is 6.15. The van der Waals surface area contributed by atoms with E-state index in [0.717, 1.165) is 5.65 Å². The van der Waals surface area contributed by atoms with Crippen molar-refractivity contribution in [3.63, 3.8) is 0 Å². The second kappa shape index (κ2) is 4.35. The van der Waals surface area contributed by atoms with Gasteiger partial charge in [0.05, 0.1) is 19.2 Å². The minimum atomic E-state index is 0.227. The lowest BCUT2D eigenvalue weighted by Crippen LogP contribution is -2.14. The molecule has 0 bridgehead atoms. The second-order valence-corrected chi connectivity index (χ2v) is 4.69. The molecule has 5 heteroatoms. The highest BCUT2D eigenvalue weighted by Gasteiger charge is 2.07. The molecular weight excluding hydrogens is 238 g/mol. The van der Waals surface area contributed by atoms with Crippen molar-refractivity contribution in [2.45, 2.75) is 20.4 Å². The van der Waals surface area contributed by atoms with Crippen LogP contribution >= 0.6 is 0 Å². The molecular formula is C14H15N5. The molecule has 0 aliphatic rings. The maximum absolute atomic E-state index is 7.75. The Hall–Kier alpha value is -2.43. The zero-order chi connectivity index (χ0) is 13.4. The van der Waals surface area contributed by atoms with Crippen molar-refractivity contribution >= 4 is 11.2 Å². The van der Waals surface area contributed by atoms with Crippen molar-refractivity contribution in [3.8, 4) is 0 Å². The largest absolute Gasteiger partial charge is 0.340 e. The minimum absolute atomic E-state index is 0.227. The van der Waals surface area contributed by atoms with Gasteiger partial charge in [-0.05, 0) is 30.5 Å². The third-order valence-corrected chi connectivity index (χ3v) is 3.43. The lowest BCUT2D eigenvalue weighted by molar-refractivity contribution is 0.775. The summed E-state index contributed by atoms with van der Waals surface area (Å²) in [5.74, 6) is 0. The summed E-state index contributed by atoms with van der Waals surface area (Å²) in [7, 11) is 0. The summed E-state index contributed by atoms with van der Waals surface area (Å²) in [6.45, 7) is 4.93. The van der Waals surface area contributed by atoms with Gasteiger partial charge in [-0.2, -0.15) is 0 Å². The standard InChI is InChI=1S/C14H15N5/c1-9-4-3-5-10(2)11(9)6-19-8-18-13(15)12-14(19)17-7-16-12/h3-5,7-8,15H,6H2,1-2H3,(H,16,17). The van der Waals surface area contributed by atoms with Gasteiger partial charge in [-0.25, -0.2) is 9.97 Å². The SMILES string of the molecule is Cc1cccc(C)c1Cn1cnc(=N)c2[nH]cnc21. The van der Waals surface area contributed by atoms with Gasteiger partial charge < -0.3 is 9.55 Å². The van der Waals surface area contributed by atoms with Crippen LogP contribution in [-0.4, -0.2) is 19.5 Å². The van der Waals surface area contributed by atoms with Crippen molar-refractivity contribution in [3.05, 3.63) is 53.0 Å². The van der Waals surface area contributed by atoms with E-state index in [-0.39, 0.29) is 5.49 Å². The Balaban J connectivity index is 2.14. The van der Waals surface area contributed by atoms with Crippen molar-refractivity contribution in [2.75, 3.05) is 0 Å². The molecule has 0 saturated carbocycles. The first kappa shape index (κ1) is 11.6. The summed E-state index contributed by atoms with van der Waals surface area (Å²) in [5, 5.41) is 7.75. The van der Waals surface area contributed by atoms with Gasteiger partial charge >= 0.3 is 0 Å². The predicted molar refractivity (Wildman–Crippen MR) is 72.8 cm³/mol. The van der Waals surface area contributed by atoms with Crippen LogP contribution in [0, 0.1) is 19.3 Å². The van der Waals surface area contributed by atoms with Crippen molar-refractivity contribution in [2.24, 2.45) is 0 Å². The zero-order valence-electron chi connectivity index (χ0n) is 10.9. The molecule has 0 spiro atoms. The Kier molecular flexibility index (Phi) is 2.67. The fourth-order valence-corrected chi connectivity index (χ4v) is 2.31. The Morgan fingerprint density at radius 2 is 1.95 bits per heavy atom. The van der Waals surface area contributed by atoms with Crippen LogP contribution < -0.4 is 5.49 Å². The highest BCUT2D eigenvalue weighted by molar-refractivity contribution is 5.68. The van der Waals surface area contributed by atoms with Gasteiger partial charge in [0.1, 0.15) is 5.52 Å². The van der Waals surface area contributed by atoms with Crippen LogP contribution in [-0.2, 0) is 6.54 Å². The second-order valence-electron chi connectivity index (χ2n) is 4.69. The maximum Gasteiger partial charge on any atom is 0.173 e. The zero-order valence-corrected chi connectivity index (χ0v) is 10.9. The first-order valence-electron chi connectivity index (χ1n) is 6.15. The van der Waals surface area contributed by atoms with Crippen molar-refractivity contribution in [1.29, 1.82) is 5.41 Å². The number of fused-ring (bicyclic) bond motifs is 1. The molecule has 0 amide bonds. The Morgan fingerprint density at radius 3 is 2.68 bits per heavy atom. The first-order chi connectivity index (χ1) is 9.16. The van der Waals surface area contributed by atoms with Crippen LogP contribution in [0.1, 0.15) is 16.7 Å². The van der Waals surface area contributed by atoms with E-state index in [0.29, 0.717) is 12.1 Å². The molecule has 0 unspecified atom stereocenters. The average Bonchev–Trinajstić information content (AvgIpc) is 2.87. The Labute approximate surface area is 110 Å². The quantitative estimate of drug-likeness (QED) is 0.732. The molecule has 19 heavy (non-hydrogen) atoms. The number of hydrogen-bond donors (Lipinski definition) is 2. The molecule has 5 nitrogen and oxygen atoms in total. The van der Waals surface area contributed by atoms with Gasteiger partial charge in [-0.15, -0.1) is 0 Å². The molecule has 0 aliphatic heterocycles. The van der Waals surface area contributed by atoms with E-state index >= 15 is 0 Å². The van der Waals surface area contributed by atoms with Crippen LogP contribution in [0.25, 0.3) is 11.2 Å². The van der Waals surface area contributed by atoms with E-state index in [2.05, 4.69) is 47.0 Å². The van der Waals surface area contributed by atoms with E-state index in [1.807, 2.05) is 4.57 Å². The van der Waals surface area contributed by atoms with Crippen molar-refractivity contribution in [1.82, 2.24) is 19.5 Å². The lowest BCUT2D eigenvalue weighted by atomic mass is 10.0. The number of hydrogen-bond acceptors (Lipinski definition) is 3. The molecule has 1 aromatic carbocycles. The number of aryl methyl sites for hydroxylation is 2. The number of rotatable bonds is 2. The molecule has 0 fully saturated rings. The number of H-pyrrole nitrogens is 1. The molecule has 2 heterocycles. The van der Waals surface area contributed by atoms with Gasteiger partial charge in [-0.1, -0.05) is 18.2 Å². The van der Waals surface area contributed by atoms with Crippen LogP contribution in [0.15, 0.2) is 30.9 Å². The Bertz CT molecular complexity index is 777. The van der Waals surface area contributed by atoms with Gasteiger partial charge in [0.25, 0.3) is 0 Å². The smallest absolute Gasteiger partial charge is 0.173 e. The molecule has 2 N–H and O–H groups in total. The van der Waals surface area contributed by atoms with Crippen molar-refractivity contribution < 1.29 is 0 Å². The predicted octanol–water partition coefficient (Wildman–Crippen LogP) is 1.90. The van der Waals surface area contributed by atoms with Crippen LogP contribution in [0.2, 0.25) is 0 Å². The third-order valence-electron chi connectivity index (χ3n) is 3.43. The number of nitrogens with zero attached hydrogens (tertiary/aromatic N) is 3. The molecule has 3 rings (SSSR count). The van der Waals surface area contributed by atoms with Crippen LogP contribution in [0.4, 0.5) is 0 Å². The molecule has 3 aromatic rings. The van der Waals surface area contributed by atoms with Crippen LogP contribution in [0.5, 0.6) is 0 Å². The van der Waals surface area contributed by atoms with E-state index in [1.165, 1.54) is 16.7 Å². The molecule has 0 atom stereocenters. The number of aromatic amines is 1. The molecule has 0 radical (unpaired) electrons.